The first-order chi connectivity index (χ1) is 17.4. The number of rotatable bonds is 6. The van der Waals surface area contributed by atoms with E-state index in [0.29, 0.717) is 5.11 Å². The maximum Gasteiger partial charge on any atom is 0.335 e. The summed E-state index contributed by atoms with van der Waals surface area (Å²) >= 11 is 5.88. The molecule has 0 amide bonds. The quantitative estimate of drug-likeness (QED) is 0.323. The van der Waals surface area contributed by atoms with Gasteiger partial charge >= 0.3 is 5.97 Å². The lowest BCUT2D eigenvalue weighted by Crippen LogP contribution is -2.29. The first-order valence-corrected chi connectivity index (χ1v) is 12.4. The number of carboxylic acids is 1. The fraction of sp³-hybridized carbons (Fsp3) is 0.207. The van der Waals surface area contributed by atoms with Crippen LogP contribution in [0.2, 0.25) is 0 Å². The van der Waals surface area contributed by atoms with Gasteiger partial charge in [0.1, 0.15) is 0 Å². The van der Waals surface area contributed by atoms with Gasteiger partial charge in [0, 0.05) is 29.0 Å². The summed E-state index contributed by atoms with van der Waals surface area (Å²) in [5.74, 6) is -0.934. The first-order valence-electron chi connectivity index (χ1n) is 12.0. The number of aromatic nitrogens is 2. The smallest absolute Gasteiger partial charge is 0.335 e. The maximum atomic E-state index is 11.3. The zero-order chi connectivity index (χ0) is 25.4. The van der Waals surface area contributed by atoms with E-state index in [1.54, 1.807) is 12.1 Å². The highest BCUT2D eigenvalue weighted by atomic mass is 32.1. The minimum Gasteiger partial charge on any atom is -0.478 e. The zero-order valence-corrected chi connectivity index (χ0v) is 21.3. The standard InChI is InChI=1S/C29H28N4O2S/c1-4-20-8-12-23(13-9-20)33-27(26(31-29(33)36)25-7-5-6-16-30-25)24-17-18(2)32(19(24)3)22-14-10-21(11-15-22)28(34)35/h5-17,26-27H,4H2,1-3H3,(H,31,36)(H,34,35)/t26-,27+/m1/s1. The number of benzene rings is 2. The predicted molar refractivity (Wildman–Crippen MR) is 146 cm³/mol. The molecule has 182 valence electrons. The van der Waals surface area contributed by atoms with Crippen LogP contribution in [0.3, 0.4) is 0 Å². The van der Waals surface area contributed by atoms with Gasteiger partial charge in [-0.05, 0) is 98.2 Å². The highest BCUT2D eigenvalue weighted by Gasteiger charge is 2.42. The number of hydrogen-bond acceptors (Lipinski definition) is 3. The SMILES string of the molecule is CCc1ccc(N2C(=S)N[C@H](c3ccccn3)[C@@H]2c2cc(C)n(-c3ccc(C(=O)O)cc3)c2C)cc1. The van der Waals surface area contributed by atoms with Crippen LogP contribution in [-0.2, 0) is 6.42 Å². The summed E-state index contributed by atoms with van der Waals surface area (Å²) in [4.78, 5) is 18.2. The molecular formula is C29H28N4O2S. The summed E-state index contributed by atoms with van der Waals surface area (Å²) in [5.41, 5.74) is 7.69. The Hall–Kier alpha value is -3.97. The van der Waals surface area contributed by atoms with Crippen molar-refractivity contribution in [1.29, 1.82) is 0 Å². The third kappa shape index (κ3) is 4.16. The number of aryl methyl sites for hydroxylation is 2. The van der Waals surface area contributed by atoms with Crippen molar-refractivity contribution in [1.82, 2.24) is 14.9 Å². The number of aromatic carboxylic acids is 1. The predicted octanol–water partition coefficient (Wildman–Crippen LogP) is 5.93. The minimum atomic E-state index is -0.934. The number of carboxylic acid groups (broad SMARTS) is 1. The second-order valence-corrected chi connectivity index (χ2v) is 9.42. The average molecular weight is 497 g/mol. The second-order valence-electron chi connectivity index (χ2n) is 9.03. The Balaban J connectivity index is 1.64. The van der Waals surface area contributed by atoms with E-state index in [9.17, 15) is 9.90 Å². The molecule has 0 spiro atoms. The lowest BCUT2D eigenvalue weighted by Gasteiger charge is -2.28. The topological polar surface area (TPSA) is 70.4 Å². The highest BCUT2D eigenvalue weighted by Crippen LogP contribution is 2.43. The Kier molecular flexibility index (Phi) is 6.33. The van der Waals surface area contributed by atoms with E-state index in [1.165, 1.54) is 5.56 Å². The van der Waals surface area contributed by atoms with Crippen LogP contribution >= 0.6 is 12.2 Å². The van der Waals surface area contributed by atoms with Crippen LogP contribution in [0.5, 0.6) is 0 Å². The molecule has 1 fully saturated rings. The highest BCUT2D eigenvalue weighted by molar-refractivity contribution is 7.80. The zero-order valence-electron chi connectivity index (χ0n) is 20.5. The van der Waals surface area contributed by atoms with E-state index in [1.807, 2.05) is 36.5 Å². The summed E-state index contributed by atoms with van der Waals surface area (Å²) in [6.07, 6.45) is 2.79. The number of hydrogen-bond donors (Lipinski definition) is 2. The van der Waals surface area contributed by atoms with E-state index in [4.69, 9.17) is 12.2 Å². The molecule has 1 aliphatic rings. The van der Waals surface area contributed by atoms with Crippen molar-refractivity contribution in [2.75, 3.05) is 4.90 Å². The van der Waals surface area contributed by atoms with Gasteiger partial charge in [-0.15, -0.1) is 0 Å². The summed E-state index contributed by atoms with van der Waals surface area (Å²) in [7, 11) is 0. The van der Waals surface area contributed by atoms with Gasteiger partial charge in [0.2, 0.25) is 0 Å². The van der Waals surface area contributed by atoms with Gasteiger partial charge < -0.3 is 19.9 Å². The number of nitrogens with one attached hydrogen (secondary N) is 1. The van der Waals surface area contributed by atoms with Crippen molar-refractivity contribution in [3.8, 4) is 5.69 Å². The molecule has 7 heteroatoms. The van der Waals surface area contributed by atoms with Crippen molar-refractivity contribution < 1.29 is 9.90 Å². The summed E-state index contributed by atoms with van der Waals surface area (Å²) in [6.45, 7) is 6.32. The lowest BCUT2D eigenvalue weighted by atomic mass is 9.96. The average Bonchev–Trinajstić information content (AvgIpc) is 3.39. The van der Waals surface area contributed by atoms with Gasteiger partial charge in [-0.1, -0.05) is 25.1 Å². The van der Waals surface area contributed by atoms with Crippen LogP contribution in [0.15, 0.2) is 79.0 Å². The number of pyridine rings is 1. The Morgan fingerprint density at radius 2 is 1.72 bits per heavy atom. The van der Waals surface area contributed by atoms with Crippen LogP contribution in [-0.4, -0.2) is 25.7 Å². The molecule has 1 saturated heterocycles. The molecule has 2 aromatic carbocycles. The third-order valence-corrected chi connectivity index (χ3v) is 7.20. The fourth-order valence-corrected chi connectivity index (χ4v) is 5.42. The van der Waals surface area contributed by atoms with Crippen molar-refractivity contribution in [3.63, 3.8) is 0 Å². The number of thiocarbonyl (C=S) groups is 1. The van der Waals surface area contributed by atoms with Gasteiger partial charge in [-0.25, -0.2) is 4.79 Å². The number of nitrogens with zero attached hydrogens (tertiary/aromatic N) is 3. The Labute approximate surface area is 216 Å². The van der Waals surface area contributed by atoms with Gasteiger partial charge in [0.05, 0.1) is 23.3 Å². The molecule has 6 nitrogen and oxygen atoms in total. The second kappa shape index (κ2) is 9.59. The van der Waals surface area contributed by atoms with Crippen molar-refractivity contribution >= 4 is 29.0 Å². The molecule has 1 aliphatic heterocycles. The summed E-state index contributed by atoms with van der Waals surface area (Å²) < 4.78 is 2.16. The van der Waals surface area contributed by atoms with Crippen LogP contribution in [0.1, 0.15) is 57.6 Å². The van der Waals surface area contributed by atoms with Crippen LogP contribution in [0.25, 0.3) is 5.69 Å². The third-order valence-electron chi connectivity index (χ3n) is 6.88. The van der Waals surface area contributed by atoms with Crippen LogP contribution in [0.4, 0.5) is 5.69 Å². The first kappa shape index (κ1) is 23.8. The number of anilines is 1. The summed E-state index contributed by atoms with van der Waals surface area (Å²) in [5, 5.41) is 13.5. The Morgan fingerprint density at radius 1 is 1.03 bits per heavy atom. The Bertz CT molecular complexity index is 1410. The van der Waals surface area contributed by atoms with E-state index < -0.39 is 5.97 Å². The van der Waals surface area contributed by atoms with E-state index in [-0.39, 0.29) is 17.6 Å². The van der Waals surface area contributed by atoms with Crippen LogP contribution in [0, 0.1) is 13.8 Å². The van der Waals surface area contributed by atoms with E-state index >= 15 is 0 Å². The maximum absolute atomic E-state index is 11.3. The van der Waals surface area contributed by atoms with Gasteiger partial charge in [0.15, 0.2) is 5.11 Å². The van der Waals surface area contributed by atoms with Gasteiger partial charge in [-0.2, -0.15) is 0 Å². The largest absolute Gasteiger partial charge is 0.478 e. The summed E-state index contributed by atoms with van der Waals surface area (Å²) in [6, 6.07) is 23.4. The molecule has 0 bridgehead atoms. The molecule has 0 saturated carbocycles. The van der Waals surface area contributed by atoms with Crippen LogP contribution < -0.4 is 10.2 Å². The van der Waals surface area contributed by atoms with Crippen molar-refractivity contribution in [2.24, 2.45) is 0 Å². The molecule has 2 N–H and O–H groups in total. The van der Waals surface area contributed by atoms with E-state index in [0.717, 1.165) is 40.4 Å². The molecule has 0 radical (unpaired) electrons. The van der Waals surface area contributed by atoms with Crippen molar-refractivity contribution in [3.05, 3.63) is 113 Å². The molecule has 2 atom stereocenters. The minimum absolute atomic E-state index is 0.113. The molecule has 2 aromatic heterocycles. The lowest BCUT2D eigenvalue weighted by molar-refractivity contribution is 0.0697. The monoisotopic (exact) mass is 496 g/mol. The molecule has 4 aromatic rings. The Morgan fingerprint density at radius 3 is 2.33 bits per heavy atom. The van der Waals surface area contributed by atoms with Gasteiger partial charge in [0.25, 0.3) is 0 Å². The normalized spacial score (nSPS) is 17.3. The molecule has 0 unspecified atom stereocenters. The molecule has 3 heterocycles. The van der Waals surface area contributed by atoms with Gasteiger partial charge in [-0.3, -0.25) is 4.98 Å². The molecule has 0 aliphatic carbocycles. The molecule has 5 rings (SSSR count). The molecule has 36 heavy (non-hydrogen) atoms. The van der Waals surface area contributed by atoms with Crippen molar-refractivity contribution in [2.45, 2.75) is 39.3 Å². The fourth-order valence-electron chi connectivity index (χ4n) is 5.08. The number of carbonyl (C=O) groups is 1. The molecular weight excluding hydrogens is 468 g/mol. The van der Waals surface area contributed by atoms with E-state index in [2.05, 4.69) is 70.9 Å².